The Labute approximate surface area is 117 Å². The smallest absolute Gasteiger partial charge is 0.137 e. The molecule has 2 aliphatic heterocycles. The predicted molar refractivity (Wildman–Crippen MR) is 80.5 cm³/mol. The van der Waals surface area contributed by atoms with Gasteiger partial charge in [-0.05, 0) is 35.9 Å². The van der Waals surface area contributed by atoms with Crippen LogP contribution in [0.25, 0.3) is 5.69 Å². The molecule has 5 rings (SSSR count). The van der Waals surface area contributed by atoms with E-state index in [1.165, 1.54) is 28.4 Å². The molecule has 0 N–H and O–H groups in total. The minimum Gasteiger partial charge on any atom is -0.300 e. The van der Waals surface area contributed by atoms with Crippen molar-refractivity contribution in [1.82, 2.24) is 4.57 Å². The first-order valence-corrected chi connectivity index (χ1v) is 6.86. The minimum atomic E-state index is 0.929. The van der Waals surface area contributed by atoms with Gasteiger partial charge in [-0.15, -0.1) is 0 Å². The van der Waals surface area contributed by atoms with Gasteiger partial charge >= 0.3 is 0 Å². The molecule has 1 aromatic heterocycles. The van der Waals surface area contributed by atoms with Crippen molar-refractivity contribution in [2.45, 2.75) is 6.54 Å². The van der Waals surface area contributed by atoms with Crippen molar-refractivity contribution in [3.05, 3.63) is 72.4 Å². The number of rotatable bonds is 0. The van der Waals surface area contributed by atoms with Crippen LogP contribution in [0.5, 0.6) is 0 Å². The summed E-state index contributed by atoms with van der Waals surface area (Å²) in [6.07, 6.45) is 2.13. The van der Waals surface area contributed by atoms with Crippen LogP contribution in [-0.4, -0.2) is 4.57 Å². The summed E-state index contributed by atoms with van der Waals surface area (Å²) >= 11 is 0. The number of nitrogens with zero attached hydrogens (tertiary/aromatic N) is 3. The van der Waals surface area contributed by atoms with Gasteiger partial charge in [-0.2, -0.15) is 0 Å². The molecule has 3 nitrogen and oxygen atoms in total. The largest absolute Gasteiger partial charge is 0.300 e. The van der Waals surface area contributed by atoms with Crippen molar-refractivity contribution >= 4 is 17.2 Å². The average molecular weight is 259 g/mol. The highest BCUT2D eigenvalue weighted by atomic mass is 15.7. The fourth-order valence-electron chi connectivity index (χ4n) is 3.29. The highest BCUT2D eigenvalue weighted by Gasteiger charge is 2.35. The number of benzene rings is 2. The highest BCUT2D eigenvalue weighted by Crippen LogP contribution is 2.46. The summed E-state index contributed by atoms with van der Waals surface area (Å²) in [6.45, 7) is 0.929. The lowest BCUT2D eigenvalue weighted by Crippen LogP contribution is -2.38. The third-order valence-corrected chi connectivity index (χ3v) is 4.14. The van der Waals surface area contributed by atoms with E-state index in [1.54, 1.807) is 0 Å². The first kappa shape index (κ1) is 10.1. The van der Waals surface area contributed by atoms with Gasteiger partial charge in [0.05, 0.1) is 23.6 Å². The van der Waals surface area contributed by atoms with Gasteiger partial charge in [0.25, 0.3) is 0 Å². The van der Waals surface area contributed by atoms with Crippen molar-refractivity contribution in [1.29, 1.82) is 0 Å². The summed E-state index contributed by atoms with van der Waals surface area (Å²) in [7, 11) is 0. The van der Waals surface area contributed by atoms with Gasteiger partial charge in [0.15, 0.2) is 0 Å². The van der Waals surface area contributed by atoms with Crippen LogP contribution in [0.1, 0.15) is 5.56 Å². The van der Waals surface area contributed by atoms with Gasteiger partial charge in [-0.1, -0.05) is 30.3 Å². The van der Waals surface area contributed by atoms with E-state index in [0.29, 0.717) is 0 Å². The first-order chi connectivity index (χ1) is 9.93. The highest BCUT2D eigenvalue weighted by molar-refractivity contribution is 5.83. The quantitative estimate of drug-likeness (QED) is 0.607. The molecule has 0 radical (unpaired) electrons. The van der Waals surface area contributed by atoms with Gasteiger partial charge in [0.1, 0.15) is 5.82 Å². The zero-order chi connectivity index (χ0) is 13.1. The van der Waals surface area contributed by atoms with Crippen LogP contribution in [0, 0.1) is 0 Å². The Morgan fingerprint density at radius 3 is 2.35 bits per heavy atom. The second-order valence-electron chi connectivity index (χ2n) is 5.22. The molecule has 2 aliphatic rings. The molecule has 0 bridgehead atoms. The van der Waals surface area contributed by atoms with Crippen LogP contribution in [-0.2, 0) is 6.54 Å². The van der Waals surface area contributed by atoms with E-state index in [-0.39, 0.29) is 0 Å². The fourth-order valence-corrected chi connectivity index (χ4v) is 3.29. The molecule has 0 spiro atoms. The lowest BCUT2D eigenvalue weighted by Gasteiger charge is -2.38. The van der Waals surface area contributed by atoms with E-state index in [0.717, 1.165) is 6.54 Å². The van der Waals surface area contributed by atoms with Crippen molar-refractivity contribution in [3.63, 3.8) is 0 Å². The molecular weight excluding hydrogens is 246 g/mol. The molecule has 2 aromatic carbocycles. The number of anilines is 3. The van der Waals surface area contributed by atoms with Crippen molar-refractivity contribution < 1.29 is 0 Å². The first-order valence-electron chi connectivity index (χ1n) is 6.86. The summed E-state index contributed by atoms with van der Waals surface area (Å²) in [5.74, 6) is 1.20. The zero-order valence-corrected chi connectivity index (χ0v) is 10.9. The number of hydrogen-bond donors (Lipinski definition) is 0. The summed E-state index contributed by atoms with van der Waals surface area (Å²) in [5, 5.41) is 4.67. The molecule has 0 aliphatic carbocycles. The van der Waals surface area contributed by atoms with Crippen LogP contribution in [0.2, 0.25) is 0 Å². The number of aromatic nitrogens is 1. The Hall–Kier alpha value is -2.68. The van der Waals surface area contributed by atoms with Crippen LogP contribution in [0.15, 0.2) is 66.9 Å². The monoisotopic (exact) mass is 259 g/mol. The van der Waals surface area contributed by atoms with Crippen LogP contribution >= 0.6 is 0 Å². The molecule has 96 valence electrons. The van der Waals surface area contributed by atoms with E-state index < -0.39 is 0 Å². The number of hydrazine groups is 1. The summed E-state index contributed by atoms with van der Waals surface area (Å²) in [4.78, 5) is 0. The van der Waals surface area contributed by atoms with Crippen LogP contribution < -0.4 is 10.0 Å². The number of para-hydroxylation sites is 3. The Kier molecular flexibility index (Phi) is 1.75. The lowest BCUT2D eigenvalue weighted by atomic mass is 10.2. The van der Waals surface area contributed by atoms with Crippen molar-refractivity contribution in [2.75, 3.05) is 10.0 Å². The van der Waals surface area contributed by atoms with E-state index in [4.69, 9.17) is 0 Å². The third-order valence-electron chi connectivity index (χ3n) is 4.14. The molecule has 20 heavy (non-hydrogen) atoms. The standard InChI is InChI=1S/C17H13N3/c1-2-7-14-13(6-1)12-19-16-9-4-3-8-15(16)18-11-5-10-17(18)20(14)19/h1-11H,12H2. The number of hydrogen-bond acceptors (Lipinski definition) is 2. The topological polar surface area (TPSA) is 11.4 Å². The molecule has 0 saturated heterocycles. The summed E-state index contributed by atoms with van der Waals surface area (Å²) in [5.41, 5.74) is 5.16. The van der Waals surface area contributed by atoms with E-state index in [9.17, 15) is 0 Å². The Morgan fingerprint density at radius 1 is 0.700 bits per heavy atom. The van der Waals surface area contributed by atoms with Gasteiger partial charge in [0.2, 0.25) is 0 Å². The maximum atomic E-state index is 2.36. The zero-order valence-electron chi connectivity index (χ0n) is 10.9. The fraction of sp³-hybridized carbons (Fsp3) is 0.0588. The van der Waals surface area contributed by atoms with E-state index in [2.05, 4.69) is 81.4 Å². The molecule has 3 heterocycles. The van der Waals surface area contributed by atoms with Gasteiger partial charge < -0.3 is 0 Å². The van der Waals surface area contributed by atoms with Crippen molar-refractivity contribution in [2.24, 2.45) is 0 Å². The molecule has 3 aromatic rings. The molecule has 0 atom stereocenters. The average Bonchev–Trinajstić information content (AvgIpc) is 3.11. The van der Waals surface area contributed by atoms with Gasteiger partial charge in [0, 0.05) is 6.20 Å². The normalized spacial score (nSPS) is 14.6. The van der Waals surface area contributed by atoms with E-state index >= 15 is 0 Å². The second kappa shape index (κ2) is 3.45. The van der Waals surface area contributed by atoms with Gasteiger partial charge in [-0.3, -0.25) is 9.58 Å². The van der Waals surface area contributed by atoms with Crippen LogP contribution in [0.4, 0.5) is 17.2 Å². The molecule has 0 amide bonds. The molecule has 3 heteroatoms. The SMILES string of the molecule is c1ccc2c(c1)CN1c3ccccc3-n3cccc3N21. The Morgan fingerprint density at radius 2 is 1.45 bits per heavy atom. The van der Waals surface area contributed by atoms with Crippen LogP contribution in [0.3, 0.4) is 0 Å². The molecule has 0 saturated carbocycles. The Balaban J connectivity index is 1.84. The third kappa shape index (κ3) is 1.11. The maximum absolute atomic E-state index is 2.36. The maximum Gasteiger partial charge on any atom is 0.137 e. The molecule has 0 fully saturated rings. The molecule has 0 unspecified atom stereocenters. The predicted octanol–water partition coefficient (Wildman–Crippen LogP) is 3.86. The minimum absolute atomic E-state index is 0.929. The van der Waals surface area contributed by atoms with Crippen molar-refractivity contribution in [3.8, 4) is 5.69 Å². The molecular formula is C17H13N3. The van der Waals surface area contributed by atoms with E-state index in [1.807, 2.05) is 0 Å². The summed E-state index contributed by atoms with van der Waals surface area (Å²) < 4.78 is 2.26. The van der Waals surface area contributed by atoms with Gasteiger partial charge in [-0.25, -0.2) is 5.01 Å². The Bertz CT molecular complexity index is 818. The number of fused-ring (bicyclic) bond motifs is 8. The second-order valence-corrected chi connectivity index (χ2v) is 5.22. The summed E-state index contributed by atoms with van der Waals surface area (Å²) in [6, 6.07) is 21.5. The lowest BCUT2D eigenvalue weighted by molar-refractivity contribution is 0.812.